The fraction of sp³-hybridized carbons (Fsp3) is 0.333. The van der Waals surface area contributed by atoms with Crippen molar-refractivity contribution in [2.24, 2.45) is 0 Å². The first-order chi connectivity index (χ1) is 9.67. The van der Waals surface area contributed by atoms with Gasteiger partial charge in [0.2, 0.25) is 0 Å². The van der Waals surface area contributed by atoms with Gasteiger partial charge < -0.3 is 15.8 Å². The largest absolute Gasteiger partial charge is 0.384 e. The second kappa shape index (κ2) is 6.86. The molecule has 1 aromatic carbocycles. The second-order valence-corrected chi connectivity index (χ2v) is 4.69. The molecule has 0 aliphatic rings. The summed E-state index contributed by atoms with van der Waals surface area (Å²) in [6.07, 6.45) is 0.936. The predicted octanol–water partition coefficient (Wildman–Crippen LogP) is 2.17. The molecule has 0 amide bonds. The minimum absolute atomic E-state index is 0.359. The lowest BCUT2D eigenvalue weighted by atomic mass is 10.1. The number of methoxy groups -OCH3 is 1. The van der Waals surface area contributed by atoms with Gasteiger partial charge in [0, 0.05) is 19.7 Å². The molecule has 1 aromatic heterocycles. The van der Waals surface area contributed by atoms with E-state index >= 15 is 0 Å². The van der Waals surface area contributed by atoms with Crippen LogP contribution in [0.5, 0.6) is 0 Å². The zero-order valence-electron chi connectivity index (χ0n) is 11.9. The number of nitrogens with one attached hydrogen (secondary N) is 1. The van der Waals surface area contributed by atoms with Crippen molar-refractivity contribution in [2.45, 2.75) is 20.0 Å². The Labute approximate surface area is 119 Å². The van der Waals surface area contributed by atoms with E-state index < -0.39 is 0 Å². The van der Waals surface area contributed by atoms with Gasteiger partial charge in [-0.1, -0.05) is 29.8 Å². The molecule has 0 radical (unpaired) electrons. The first-order valence-electron chi connectivity index (χ1n) is 6.59. The molecule has 1 heterocycles. The minimum atomic E-state index is 0.359. The smallest absolute Gasteiger partial charge is 0.158 e. The number of nitrogens with two attached hydrogens (primary N) is 1. The van der Waals surface area contributed by atoms with Crippen LogP contribution in [0.4, 0.5) is 11.6 Å². The van der Waals surface area contributed by atoms with Gasteiger partial charge in [-0.25, -0.2) is 9.97 Å². The highest BCUT2D eigenvalue weighted by atomic mass is 16.5. The van der Waals surface area contributed by atoms with Crippen LogP contribution in [-0.2, 0) is 17.8 Å². The van der Waals surface area contributed by atoms with Crippen molar-refractivity contribution < 1.29 is 4.74 Å². The monoisotopic (exact) mass is 272 g/mol. The topological polar surface area (TPSA) is 73.1 Å². The quantitative estimate of drug-likeness (QED) is 0.843. The number of aromatic nitrogens is 2. The molecule has 106 valence electrons. The Kier molecular flexibility index (Phi) is 4.90. The van der Waals surface area contributed by atoms with Gasteiger partial charge in [0.25, 0.3) is 0 Å². The molecule has 0 spiro atoms. The molecule has 2 aromatic rings. The fourth-order valence-corrected chi connectivity index (χ4v) is 2.00. The number of hydrogen-bond donors (Lipinski definition) is 2. The molecule has 0 unspecified atom stereocenters. The van der Waals surface area contributed by atoms with Crippen molar-refractivity contribution in [3.8, 4) is 0 Å². The molecule has 3 N–H and O–H groups in total. The maximum atomic E-state index is 5.75. The van der Waals surface area contributed by atoms with Gasteiger partial charge in [0.05, 0.1) is 0 Å². The third-order valence-corrected chi connectivity index (χ3v) is 2.87. The highest BCUT2D eigenvalue weighted by molar-refractivity contribution is 5.44. The third kappa shape index (κ3) is 4.20. The molecule has 0 aliphatic heterocycles. The van der Waals surface area contributed by atoms with Crippen LogP contribution in [0.2, 0.25) is 0 Å². The number of nitrogens with zero attached hydrogens (tertiary/aromatic N) is 2. The number of rotatable bonds is 6. The number of benzene rings is 1. The molecule has 0 fully saturated rings. The van der Waals surface area contributed by atoms with E-state index in [2.05, 4.69) is 46.5 Å². The zero-order valence-corrected chi connectivity index (χ0v) is 11.9. The van der Waals surface area contributed by atoms with Gasteiger partial charge in [-0.3, -0.25) is 0 Å². The maximum absolute atomic E-state index is 5.75. The predicted molar refractivity (Wildman–Crippen MR) is 80.5 cm³/mol. The molecule has 0 aliphatic carbocycles. The molecular formula is C15H20N4O. The molecule has 2 rings (SSSR count). The Morgan fingerprint density at radius 2 is 2.10 bits per heavy atom. The molecular weight excluding hydrogens is 252 g/mol. The summed E-state index contributed by atoms with van der Waals surface area (Å²) in [7, 11) is 1.61. The van der Waals surface area contributed by atoms with Crippen molar-refractivity contribution in [2.75, 3.05) is 24.7 Å². The Balaban J connectivity index is 1.93. The van der Waals surface area contributed by atoms with Gasteiger partial charge in [0.1, 0.15) is 18.2 Å². The van der Waals surface area contributed by atoms with Crippen molar-refractivity contribution in [3.05, 3.63) is 47.3 Å². The summed E-state index contributed by atoms with van der Waals surface area (Å²) >= 11 is 0. The van der Waals surface area contributed by atoms with Crippen LogP contribution in [0.15, 0.2) is 30.3 Å². The Bertz CT molecular complexity index is 572. The molecule has 0 bridgehead atoms. The average molecular weight is 272 g/mol. The summed E-state index contributed by atoms with van der Waals surface area (Å²) < 4.78 is 5.02. The van der Waals surface area contributed by atoms with Gasteiger partial charge in [-0.15, -0.1) is 0 Å². The van der Waals surface area contributed by atoms with Gasteiger partial charge in [0.15, 0.2) is 5.82 Å². The van der Waals surface area contributed by atoms with E-state index in [0.29, 0.717) is 18.2 Å². The average Bonchev–Trinajstić information content (AvgIpc) is 2.38. The zero-order chi connectivity index (χ0) is 14.4. The maximum Gasteiger partial charge on any atom is 0.158 e. The minimum Gasteiger partial charge on any atom is -0.384 e. The number of ether oxygens (including phenoxy) is 1. The Hall–Kier alpha value is -2.14. The molecule has 5 heteroatoms. The van der Waals surface area contributed by atoms with Crippen LogP contribution in [0, 0.1) is 6.92 Å². The van der Waals surface area contributed by atoms with Crippen LogP contribution in [0.1, 0.15) is 17.0 Å². The standard InChI is InChI=1S/C15H20N4O/c1-11-4-3-5-12(8-11)6-7-17-14-9-13(16)18-15(19-14)10-20-2/h3-5,8-9H,6-7,10H2,1-2H3,(H3,16,17,18,19). The lowest BCUT2D eigenvalue weighted by Gasteiger charge is -2.08. The Morgan fingerprint density at radius 3 is 2.85 bits per heavy atom. The first kappa shape index (κ1) is 14.3. The van der Waals surface area contributed by atoms with Gasteiger partial charge >= 0.3 is 0 Å². The summed E-state index contributed by atoms with van der Waals surface area (Å²) in [5, 5.41) is 3.27. The van der Waals surface area contributed by atoms with Crippen LogP contribution in [0.3, 0.4) is 0 Å². The van der Waals surface area contributed by atoms with E-state index in [0.717, 1.165) is 18.8 Å². The van der Waals surface area contributed by atoms with Crippen molar-refractivity contribution in [1.29, 1.82) is 0 Å². The highest BCUT2D eigenvalue weighted by Gasteiger charge is 2.02. The summed E-state index contributed by atoms with van der Waals surface area (Å²) in [4.78, 5) is 8.45. The first-order valence-corrected chi connectivity index (χ1v) is 6.59. The van der Waals surface area contributed by atoms with Crippen molar-refractivity contribution in [3.63, 3.8) is 0 Å². The van der Waals surface area contributed by atoms with Crippen LogP contribution in [-0.4, -0.2) is 23.6 Å². The SMILES string of the molecule is COCc1nc(N)cc(NCCc2cccc(C)c2)n1. The lowest BCUT2D eigenvalue weighted by molar-refractivity contribution is 0.178. The van der Waals surface area contributed by atoms with E-state index in [1.54, 1.807) is 13.2 Å². The van der Waals surface area contributed by atoms with E-state index in [1.807, 2.05) is 0 Å². The summed E-state index contributed by atoms with van der Waals surface area (Å²) in [5.41, 5.74) is 8.32. The van der Waals surface area contributed by atoms with Gasteiger partial charge in [-0.05, 0) is 18.9 Å². The highest BCUT2D eigenvalue weighted by Crippen LogP contribution is 2.10. The van der Waals surface area contributed by atoms with Crippen LogP contribution < -0.4 is 11.1 Å². The fourth-order valence-electron chi connectivity index (χ4n) is 2.00. The van der Waals surface area contributed by atoms with Crippen LogP contribution in [0.25, 0.3) is 0 Å². The Morgan fingerprint density at radius 1 is 1.25 bits per heavy atom. The van der Waals surface area contributed by atoms with Crippen molar-refractivity contribution in [1.82, 2.24) is 9.97 Å². The van der Waals surface area contributed by atoms with Crippen LogP contribution >= 0.6 is 0 Å². The number of aryl methyl sites for hydroxylation is 1. The number of nitrogen functional groups attached to an aromatic ring is 1. The van der Waals surface area contributed by atoms with Crippen molar-refractivity contribution >= 4 is 11.6 Å². The lowest BCUT2D eigenvalue weighted by Crippen LogP contribution is -2.10. The number of anilines is 2. The van der Waals surface area contributed by atoms with Gasteiger partial charge in [-0.2, -0.15) is 0 Å². The summed E-state index contributed by atoms with van der Waals surface area (Å²) in [6.45, 7) is 3.25. The summed E-state index contributed by atoms with van der Waals surface area (Å²) in [5.74, 6) is 1.77. The van der Waals surface area contributed by atoms with E-state index in [1.165, 1.54) is 11.1 Å². The second-order valence-electron chi connectivity index (χ2n) is 4.69. The molecule has 5 nitrogen and oxygen atoms in total. The van der Waals surface area contributed by atoms with E-state index in [-0.39, 0.29) is 0 Å². The van der Waals surface area contributed by atoms with E-state index in [4.69, 9.17) is 10.5 Å². The molecule has 20 heavy (non-hydrogen) atoms. The molecule has 0 saturated heterocycles. The number of hydrogen-bond acceptors (Lipinski definition) is 5. The molecule has 0 saturated carbocycles. The third-order valence-electron chi connectivity index (χ3n) is 2.87. The normalized spacial score (nSPS) is 10.5. The molecule has 0 atom stereocenters. The summed E-state index contributed by atoms with van der Waals surface area (Å²) in [6, 6.07) is 10.2. The van der Waals surface area contributed by atoms with E-state index in [9.17, 15) is 0 Å².